The summed E-state index contributed by atoms with van der Waals surface area (Å²) in [6, 6.07) is 19.8. The van der Waals surface area contributed by atoms with Crippen molar-refractivity contribution in [2.24, 2.45) is 0 Å². The molecule has 0 saturated heterocycles. The summed E-state index contributed by atoms with van der Waals surface area (Å²) in [5, 5.41) is 7.98. The molecule has 7 nitrogen and oxygen atoms in total. The molecule has 0 fully saturated rings. The van der Waals surface area contributed by atoms with Crippen LogP contribution in [0.4, 0.5) is 0 Å². The van der Waals surface area contributed by atoms with Crippen LogP contribution in [0.5, 0.6) is 0 Å². The van der Waals surface area contributed by atoms with Gasteiger partial charge in [0.1, 0.15) is 0 Å². The number of halogens is 1. The summed E-state index contributed by atoms with van der Waals surface area (Å²) in [6.45, 7) is 1.21. The van der Waals surface area contributed by atoms with E-state index in [2.05, 4.69) is 10.4 Å². The normalized spacial score (nSPS) is 11.7. The van der Waals surface area contributed by atoms with Crippen molar-refractivity contribution in [3.63, 3.8) is 0 Å². The number of benzene rings is 2. The molecule has 0 unspecified atom stereocenters. The molecule has 0 aliphatic carbocycles. The summed E-state index contributed by atoms with van der Waals surface area (Å²) in [5.74, 6) is -0.267. The Labute approximate surface area is 213 Å². The molecule has 0 atom stereocenters. The van der Waals surface area contributed by atoms with E-state index in [1.165, 1.54) is 17.6 Å². The predicted molar refractivity (Wildman–Crippen MR) is 141 cm³/mol. The van der Waals surface area contributed by atoms with Crippen molar-refractivity contribution in [3.8, 4) is 26.7 Å². The van der Waals surface area contributed by atoms with Gasteiger partial charge in [-0.25, -0.2) is 13.1 Å². The number of para-hydroxylation sites is 1. The first-order chi connectivity index (χ1) is 16.6. The van der Waals surface area contributed by atoms with Crippen LogP contribution < -0.4 is 5.32 Å². The Balaban J connectivity index is 1.74. The minimum Gasteiger partial charge on any atom is -0.349 e. The molecule has 1 N–H and O–H groups in total. The average molecular weight is 529 g/mol. The van der Waals surface area contributed by atoms with Crippen molar-refractivity contribution in [2.75, 3.05) is 33.4 Å². The van der Waals surface area contributed by atoms with Gasteiger partial charge in [0.2, 0.25) is 0 Å². The molecule has 1 amide bonds. The zero-order chi connectivity index (χ0) is 25.2. The van der Waals surface area contributed by atoms with E-state index in [1.807, 2.05) is 55.4 Å². The maximum Gasteiger partial charge on any atom is 0.271 e. The number of likely N-dealkylation sites (N-methyl/N-ethyl adjacent to an activating group) is 1. The highest BCUT2D eigenvalue weighted by Crippen LogP contribution is 2.37. The fourth-order valence-electron chi connectivity index (χ4n) is 3.47. The number of sulfone groups is 1. The topological polar surface area (TPSA) is 84.3 Å². The SMILES string of the molecule is CN(C)CCNC(=O)c1cc(-c2ccc(-c3cccc(S(C)(=O)=O)c3)s2)n(-c2ccccc2Cl)n1. The van der Waals surface area contributed by atoms with Crippen LogP contribution in [0.2, 0.25) is 5.02 Å². The number of thiophene rings is 1. The van der Waals surface area contributed by atoms with Crippen LogP contribution in [-0.4, -0.2) is 62.4 Å². The van der Waals surface area contributed by atoms with Gasteiger partial charge in [-0.15, -0.1) is 11.3 Å². The second-order valence-corrected chi connectivity index (χ2v) is 11.8. The minimum atomic E-state index is -3.32. The van der Waals surface area contributed by atoms with Gasteiger partial charge in [0.25, 0.3) is 5.91 Å². The Morgan fingerprint density at radius 3 is 2.51 bits per heavy atom. The maximum absolute atomic E-state index is 12.8. The smallest absolute Gasteiger partial charge is 0.271 e. The first kappa shape index (κ1) is 25.1. The molecule has 4 rings (SSSR count). The second-order valence-electron chi connectivity index (χ2n) is 8.30. The average Bonchev–Trinajstić information content (AvgIpc) is 3.46. The molecule has 0 radical (unpaired) electrons. The molecule has 0 saturated carbocycles. The van der Waals surface area contributed by atoms with Gasteiger partial charge in [-0.3, -0.25) is 4.79 Å². The molecule has 35 heavy (non-hydrogen) atoms. The molecule has 2 aromatic heterocycles. The molecular weight excluding hydrogens is 504 g/mol. The van der Waals surface area contributed by atoms with Gasteiger partial charge in [-0.05, 0) is 62.1 Å². The van der Waals surface area contributed by atoms with Crippen molar-refractivity contribution in [1.29, 1.82) is 0 Å². The van der Waals surface area contributed by atoms with Crippen LogP contribution in [0.15, 0.2) is 71.6 Å². The Hall–Kier alpha value is -2.98. The molecule has 10 heteroatoms. The molecule has 0 aliphatic rings. The molecule has 182 valence electrons. The Morgan fingerprint density at radius 1 is 1.06 bits per heavy atom. The Bertz CT molecular complexity index is 1480. The quantitative estimate of drug-likeness (QED) is 0.361. The van der Waals surface area contributed by atoms with Gasteiger partial charge in [0, 0.05) is 24.2 Å². The highest BCUT2D eigenvalue weighted by molar-refractivity contribution is 7.90. The van der Waals surface area contributed by atoms with Crippen LogP contribution in [0.1, 0.15) is 10.5 Å². The lowest BCUT2D eigenvalue weighted by Crippen LogP contribution is -2.31. The van der Waals surface area contributed by atoms with Gasteiger partial charge in [0.05, 0.1) is 26.2 Å². The number of aromatic nitrogens is 2. The number of nitrogens with zero attached hydrogens (tertiary/aromatic N) is 3. The van der Waals surface area contributed by atoms with E-state index in [-0.39, 0.29) is 16.5 Å². The lowest BCUT2D eigenvalue weighted by atomic mass is 10.2. The van der Waals surface area contributed by atoms with Gasteiger partial charge in [-0.2, -0.15) is 5.10 Å². The van der Waals surface area contributed by atoms with Crippen molar-refractivity contribution in [2.45, 2.75) is 4.90 Å². The van der Waals surface area contributed by atoms with E-state index in [1.54, 1.807) is 35.0 Å². The van der Waals surface area contributed by atoms with E-state index >= 15 is 0 Å². The maximum atomic E-state index is 12.8. The third-order valence-electron chi connectivity index (χ3n) is 5.27. The first-order valence-electron chi connectivity index (χ1n) is 10.8. The van der Waals surface area contributed by atoms with E-state index in [0.717, 1.165) is 15.3 Å². The zero-order valence-electron chi connectivity index (χ0n) is 19.5. The van der Waals surface area contributed by atoms with E-state index < -0.39 is 9.84 Å². The summed E-state index contributed by atoms with van der Waals surface area (Å²) >= 11 is 7.95. The lowest BCUT2D eigenvalue weighted by Gasteiger charge is -2.09. The van der Waals surface area contributed by atoms with E-state index in [9.17, 15) is 13.2 Å². The summed E-state index contributed by atoms with van der Waals surface area (Å²) < 4.78 is 25.7. The van der Waals surface area contributed by atoms with Gasteiger partial charge in [-0.1, -0.05) is 35.9 Å². The Morgan fingerprint density at radius 2 is 1.80 bits per heavy atom. The summed E-state index contributed by atoms with van der Waals surface area (Å²) in [5.41, 5.74) is 2.46. The van der Waals surface area contributed by atoms with Crippen LogP contribution in [-0.2, 0) is 9.84 Å². The summed E-state index contributed by atoms with van der Waals surface area (Å²) in [6.07, 6.45) is 1.19. The molecule has 0 bridgehead atoms. The van der Waals surface area contributed by atoms with Crippen molar-refractivity contribution < 1.29 is 13.2 Å². The van der Waals surface area contributed by atoms with Crippen LogP contribution in [0, 0.1) is 0 Å². The third-order valence-corrected chi connectivity index (χ3v) is 7.86. The fraction of sp³-hybridized carbons (Fsp3) is 0.200. The van der Waals surface area contributed by atoms with Gasteiger partial charge >= 0.3 is 0 Å². The summed E-state index contributed by atoms with van der Waals surface area (Å²) in [7, 11) is 0.565. The van der Waals surface area contributed by atoms with Crippen molar-refractivity contribution in [3.05, 3.63) is 77.4 Å². The second kappa shape index (κ2) is 10.3. The molecule has 2 aromatic carbocycles. The number of carbonyl (C=O) groups is 1. The molecule has 0 aliphatic heterocycles. The lowest BCUT2D eigenvalue weighted by molar-refractivity contribution is 0.0945. The molecular formula is C25H25ClN4O3S2. The standard InChI is InChI=1S/C25H25ClN4O3S2/c1-29(2)14-13-27-25(31)20-16-22(30(28-20)21-10-5-4-9-19(21)26)24-12-11-23(34-24)17-7-6-8-18(15-17)35(3,32)33/h4-12,15-16H,13-14H2,1-3H3,(H,27,31). The number of carbonyl (C=O) groups excluding carboxylic acids is 1. The number of rotatable bonds is 8. The van der Waals surface area contributed by atoms with Crippen molar-refractivity contribution >= 4 is 38.7 Å². The van der Waals surface area contributed by atoms with Crippen molar-refractivity contribution in [1.82, 2.24) is 20.0 Å². The van der Waals surface area contributed by atoms with Crippen LogP contribution >= 0.6 is 22.9 Å². The fourth-order valence-corrected chi connectivity index (χ4v) is 5.36. The molecule has 2 heterocycles. The molecule has 0 spiro atoms. The highest BCUT2D eigenvalue weighted by atomic mass is 35.5. The molecule has 4 aromatic rings. The summed E-state index contributed by atoms with van der Waals surface area (Å²) in [4.78, 5) is 16.8. The monoisotopic (exact) mass is 528 g/mol. The number of hydrogen-bond acceptors (Lipinski definition) is 6. The van der Waals surface area contributed by atoms with E-state index in [0.29, 0.717) is 29.5 Å². The first-order valence-corrected chi connectivity index (χ1v) is 13.9. The number of amides is 1. The van der Waals surface area contributed by atoms with Gasteiger partial charge in [0.15, 0.2) is 15.5 Å². The van der Waals surface area contributed by atoms with Gasteiger partial charge < -0.3 is 10.2 Å². The zero-order valence-corrected chi connectivity index (χ0v) is 21.9. The minimum absolute atomic E-state index is 0.266. The number of hydrogen-bond donors (Lipinski definition) is 1. The van der Waals surface area contributed by atoms with Crippen LogP contribution in [0.25, 0.3) is 26.7 Å². The van der Waals surface area contributed by atoms with Crippen LogP contribution in [0.3, 0.4) is 0 Å². The Kier molecular flexibility index (Phi) is 7.42. The number of nitrogens with one attached hydrogen (secondary N) is 1. The third kappa shape index (κ3) is 5.82. The highest BCUT2D eigenvalue weighted by Gasteiger charge is 2.20. The predicted octanol–water partition coefficient (Wildman–Crippen LogP) is 4.62. The largest absolute Gasteiger partial charge is 0.349 e. The van der Waals surface area contributed by atoms with E-state index in [4.69, 9.17) is 11.6 Å².